The summed E-state index contributed by atoms with van der Waals surface area (Å²) in [6, 6.07) is 12.0. The zero-order valence-corrected chi connectivity index (χ0v) is 31.8. The number of hydrogen-bond donors (Lipinski definition) is 3. The summed E-state index contributed by atoms with van der Waals surface area (Å²) in [5.41, 5.74) is 19.1. The Morgan fingerprint density at radius 1 is 0.895 bits per heavy atom. The topological polar surface area (TPSA) is 222 Å². The van der Waals surface area contributed by atoms with E-state index < -0.39 is 0 Å². The normalized spacial score (nSPS) is 14.7. The van der Waals surface area contributed by atoms with Crippen LogP contribution < -0.4 is 21.7 Å². The molecule has 8 rings (SSSR count). The lowest BCUT2D eigenvalue weighted by Gasteiger charge is -2.32. The summed E-state index contributed by atoms with van der Waals surface area (Å²) in [6.07, 6.45) is 5.59. The molecular formula is C39H45N13O5. The molecule has 0 atom stereocenters. The van der Waals surface area contributed by atoms with Crippen LogP contribution in [0.3, 0.4) is 0 Å². The largest absolute Gasteiger partial charge is 0.424 e. The average molecular weight is 776 g/mol. The molecule has 2 amide bonds. The minimum Gasteiger partial charge on any atom is -0.424 e. The lowest BCUT2D eigenvalue weighted by Crippen LogP contribution is -2.45. The molecular weight excluding hydrogens is 731 g/mol. The van der Waals surface area contributed by atoms with E-state index in [2.05, 4.69) is 65.3 Å². The van der Waals surface area contributed by atoms with Crippen LogP contribution in [0.4, 0.5) is 17.8 Å². The SMILES string of the molecule is CN1CCN(c2ncc(C(=O)NCCOCCOCCC(=O)N3CCc4cc(Cn5nc(-c6ccc7oc(N)nc7c6)c6c(N)ncnc65)ccc4C3)cn2)CC1. The Bertz CT molecular complexity index is 2370. The van der Waals surface area contributed by atoms with E-state index in [-0.39, 0.29) is 24.2 Å². The van der Waals surface area contributed by atoms with Crippen molar-refractivity contribution in [1.82, 2.24) is 49.8 Å². The molecule has 296 valence electrons. The van der Waals surface area contributed by atoms with E-state index in [1.807, 2.05) is 21.7 Å². The van der Waals surface area contributed by atoms with Crippen LogP contribution in [0.5, 0.6) is 0 Å². The van der Waals surface area contributed by atoms with Crippen molar-refractivity contribution in [3.8, 4) is 11.3 Å². The van der Waals surface area contributed by atoms with Crippen molar-refractivity contribution in [1.29, 1.82) is 0 Å². The zero-order valence-electron chi connectivity index (χ0n) is 31.8. The molecule has 1 fully saturated rings. The van der Waals surface area contributed by atoms with Gasteiger partial charge in [0.25, 0.3) is 11.9 Å². The van der Waals surface area contributed by atoms with Crippen LogP contribution in [0.1, 0.15) is 33.5 Å². The molecule has 0 unspecified atom stereocenters. The van der Waals surface area contributed by atoms with E-state index in [1.54, 1.807) is 18.5 Å². The third kappa shape index (κ3) is 8.62. The monoisotopic (exact) mass is 775 g/mol. The van der Waals surface area contributed by atoms with Crippen LogP contribution in [0.2, 0.25) is 0 Å². The molecule has 6 aromatic rings. The van der Waals surface area contributed by atoms with E-state index in [4.69, 9.17) is 30.5 Å². The summed E-state index contributed by atoms with van der Waals surface area (Å²) in [4.78, 5) is 53.5. The fourth-order valence-corrected chi connectivity index (χ4v) is 7.11. The summed E-state index contributed by atoms with van der Waals surface area (Å²) in [6.45, 7) is 6.98. The minimum absolute atomic E-state index is 0.0493. The number of hydrogen-bond acceptors (Lipinski definition) is 15. The molecule has 57 heavy (non-hydrogen) atoms. The number of benzene rings is 2. The van der Waals surface area contributed by atoms with E-state index in [1.165, 1.54) is 11.9 Å². The predicted molar refractivity (Wildman–Crippen MR) is 212 cm³/mol. The number of nitrogens with zero attached hydrogens (tertiary/aromatic N) is 10. The van der Waals surface area contributed by atoms with Gasteiger partial charge in [-0.25, -0.2) is 24.6 Å². The number of nitrogens with one attached hydrogen (secondary N) is 1. The fraction of sp³-hybridized carbons (Fsp3) is 0.385. The Balaban J connectivity index is 0.757. The maximum Gasteiger partial charge on any atom is 0.292 e. The first-order chi connectivity index (χ1) is 27.8. The maximum atomic E-state index is 13.0. The molecule has 4 aromatic heterocycles. The van der Waals surface area contributed by atoms with Crippen LogP contribution in [0.15, 0.2) is 59.5 Å². The van der Waals surface area contributed by atoms with Crippen molar-refractivity contribution in [2.45, 2.75) is 25.9 Å². The van der Waals surface area contributed by atoms with E-state index in [9.17, 15) is 9.59 Å². The highest BCUT2D eigenvalue weighted by Gasteiger charge is 2.23. The lowest BCUT2D eigenvalue weighted by molar-refractivity contribution is -0.133. The van der Waals surface area contributed by atoms with Crippen LogP contribution in [-0.2, 0) is 33.8 Å². The van der Waals surface area contributed by atoms with Gasteiger partial charge in [0.2, 0.25) is 11.9 Å². The Hall–Kier alpha value is -6.24. The molecule has 2 aliphatic heterocycles. The quantitative estimate of drug-likeness (QED) is 0.135. The number of anilines is 3. The van der Waals surface area contributed by atoms with Gasteiger partial charge in [-0.1, -0.05) is 18.2 Å². The highest BCUT2D eigenvalue weighted by atomic mass is 16.5. The average Bonchev–Trinajstić information content (AvgIpc) is 3.79. The van der Waals surface area contributed by atoms with Gasteiger partial charge in [0.15, 0.2) is 11.2 Å². The molecule has 0 aliphatic carbocycles. The number of rotatable bonds is 14. The van der Waals surface area contributed by atoms with Gasteiger partial charge in [-0.05, 0) is 48.4 Å². The number of amides is 2. The predicted octanol–water partition coefficient (Wildman–Crippen LogP) is 2.13. The van der Waals surface area contributed by atoms with Gasteiger partial charge in [-0.3, -0.25) is 9.59 Å². The number of piperazine rings is 1. The van der Waals surface area contributed by atoms with Crippen LogP contribution in [-0.4, -0.2) is 129 Å². The Kier molecular flexibility index (Phi) is 11.1. The second-order valence-electron chi connectivity index (χ2n) is 14.2. The molecule has 0 radical (unpaired) electrons. The Labute approximate surface area is 328 Å². The third-order valence-corrected chi connectivity index (χ3v) is 10.3. The number of aromatic nitrogens is 7. The van der Waals surface area contributed by atoms with Gasteiger partial charge in [-0.15, -0.1) is 0 Å². The Morgan fingerprint density at radius 3 is 2.53 bits per heavy atom. The Morgan fingerprint density at radius 2 is 1.70 bits per heavy atom. The lowest BCUT2D eigenvalue weighted by atomic mass is 9.97. The third-order valence-electron chi connectivity index (χ3n) is 10.3. The van der Waals surface area contributed by atoms with Crippen molar-refractivity contribution in [2.75, 3.05) is 89.1 Å². The zero-order chi connectivity index (χ0) is 39.3. The highest BCUT2D eigenvalue weighted by Crippen LogP contribution is 2.33. The van der Waals surface area contributed by atoms with E-state index in [0.717, 1.165) is 49.3 Å². The number of nitrogen functional groups attached to an aromatic ring is 2. The number of carbonyl (C=O) groups excluding carboxylic acids is 2. The van der Waals surface area contributed by atoms with Crippen molar-refractivity contribution >= 4 is 51.7 Å². The molecule has 18 heteroatoms. The first-order valence-electron chi connectivity index (χ1n) is 19.0. The molecule has 1 saturated heterocycles. The van der Waals surface area contributed by atoms with Crippen molar-refractivity contribution in [2.24, 2.45) is 0 Å². The van der Waals surface area contributed by atoms with Gasteiger partial charge in [0.05, 0.1) is 50.3 Å². The molecule has 2 aromatic carbocycles. The number of likely N-dealkylation sites (N-methyl/N-ethyl adjacent to an activating group) is 1. The van der Waals surface area contributed by atoms with Gasteiger partial charge < -0.3 is 45.4 Å². The maximum absolute atomic E-state index is 13.0. The van der Waals surface area contributed by atoms with Crippen LogP contribution in [0.25, 0.3) is 33.4 Å². The summed E-state index contributed by atoms with van der Waals surface area (Å²) in [5.74, 6) is 0.780. The summed E-state index contributed by atoms with van der Waals surface area (Å²) in [7, 11) is 2.09. The second-order valence-corrected chi connectivity index (χ2v) is 14.2. The van der Waals surface area contributed by atoms with Crippen molar-refractivity contribution in [3.05, 3.63) is 77.4 Å². The van der Waals surface area contributed by atoms with Crippen molar-refractivity contribution in [3.63, 3.8) is 0 Å². The number of ether oxygens (including phenoxy) is 2. The standard InChI is InChI=1S/C39H45N13O5/c1-49-10-12-50(13-11-49)39-43-20-29(21-44-39)37(54)42-8-15-56-17-16-55-14-7-32(53)51-9-6-26-18-25(2-3-28(26)23-51)22-52-36-33(35(40)45-24-46-36)34(48-52)27-4-5-31-30(19-27)47-38(41)57-31/h2-5,18-21,24H,6-17,22-23H2,1H3,(H2,41,47)(H,42,54)(H2,40,45,46). The summed E-state index contributed by atoms with van der Waals surface area (Å²) >= 11 is 0. The van der Waals surface area contributed by atoms with Crippen LogP contribution >= 0.6 is 0 Å². The van der Waals surface area contributed by atoms with E-state index >= 15 is 0 Å². The number of carbonyl (C=O) groups is 2. The van der Waals surface area contributed by atoms with Gasteiger partial charge in [-0.2, -0.15) is 10.1 Å². The van der Waals surface area contributed by atoms with Crippen molar-refractivity contribution < 1.29 is 23.5 Å². The fourth-order valence-electron chi connectivity index (χ4n) is 7.11. The van der Waals surface area contributed by atoms with E-state index in [0.29, 0.717) is 97.8 Å². The second kappa shape index (κ2) is 16.9. The highest BCUT2D eigenvalue weighted by molar-refractivity contribution is 5.99. The smallest absolute Gasteiger partial charge is 0.292 e. The summed E-state index contributed by atoms with van der Waals surface area (Å²) < 4.78 is 18.5. The van der Waals surface area contributed by atoms with Gasteiger partial charge >= 0.3 is 0 Å². The first-order valence-corrected chi connectivity index (χ1v) is 19.0. The molecule has 0 saturated carbocycles. The molecule has 0 bridgehead atoms. The number of nitrogens with two attached hydrogens (primary N) is 2. The number of fused-ring (bicyclic) bond motifs is 3. The minimum atomic E-state index is -0.247. The molecule has 5 N–H and O–H groups in total. The first kappa shape index (κ1) is 37.7. The molecule has 6 heterocycles. The molecule has 18 nitrogen and oxygen atoms in total. The van der Waals surface area contributed by atoms with Crippen LogP contribution in [0, 0.1) is 0 Å². The molecule has 0 spiro atoms. The summed E-state index contributed by atoms with van der Waals surface area (Å²) in [5, 5.41) is 8.40. The van der Waals surface area contributed by atoms with Gasteiger partial charge in [0, 0.05) is 63.8 Å². The number of oxazole rings is 1. The van der Waals surface area contributed by atoms with Gasteiger partial charge in [0.1, 0.15) is 23.4 Å². The molecule has 2 aliphatic rings.